The standard InChI is InChI=1S/C11H14FNO2/c1-2-14-7-9-6-13-10-4-3-8(12)5-11(10)15-9/h3-5,9,13H,2,6-7H2,1H3. The van der Waals surface area contributed by atoms with Crippen LogP contribution in [0.3, 0.4) is 0 Å². The molecule has 0 aromatic heterocycles. The molecule has 3 nitrogen and oxygen atoms in total. The second-order valence-electron chi connectivity index (χ2n) is 3.42. The third-order valence-electron chi connectivity index (χ3n) is 2.27. The number of rotatable bonds is 3. The van der Waals surface area contributed by atoms with Gasteiger partial charge in [0.25, 0.3) is 0 Å². The maximum Gasteiger partial charge on any atom is 0.145 e. The Morgan fingerprint density at radius 3 is 3.27 bits per heavy atom. The Morgan fingerprint density at radius 1 is 1.60 bits per heavy atom. The van der Waals surface area contributed by atoms with Gasteiger partial charge in [0.05, 0.1) is 18.8 Å². The van der Waals surface area contributed by atoms with Crippen molar-refractivity contribution in [2.45, 2.75) is 13.0 Å². The van der Waals surface area contributed by atoms with Crippen LogP contribution < -0.4 is 10.1 Å². The Balaban J connectivity index is 2.05. The van der Waals surface area contributed by atoms with E-state index >= 15 is 0 Å². The summed E-state index contributed by atoms with van der Waals surface area (Å²) < 4.78 is 23.8. The molecule has 0 fully saturated rings. The van der Waals surface area contributed by atoms with Crippen LogP contribution in [0.25, 0.3) is 0 Å². The molecule has 82 valence electrons. The van der Waals surface area contributed by atoms with Crippen molar-refractivity contribution in [1.29, 1.82) is 0 Å². The number of benzene rings is 1. The van der Waals surface area contributed by atoms with E-state index in [0.717, 1.165) is 5.69 Å². The summed E-state index contributed by atoms with van der Waals surface area (Å²) in [4.78, 5) is 0. The number of nitrogens with one attached hydrogen (secondary N) is 1. The minimum absolute atomic E-state index is 0.0424. The lowest BCUT2D eigenvalue weighted by molar-refractivity contribution is 0.0597. The number of ether oxygens (including phenoxy) is 2. The van der Waals surface area contributed by atoms with Gasteiger partial charge in [-0.25, -0.2) is 4.39 Å². The average Bonchev–Trinajstić information content (AvgIpc) is 2.25. The van der Waals surface area contributed by atoms with E-state index in [1.54, 1.807) is 6.07 Å². The van der Waals surface area contributed by atoms with E-state index in [2.05, 4.69) is 5.32 Å². The van der Waals surface area contributed by atoms with Gasteiger partial charge in [-0.3, -0.25) is 0 Å². The Labute approximate surface area is 88.2 Å². The fraction of sp³-hybridized carbons (Fsp3) is 0.455. The van der Waals surface area contributed by atoms with Gasteiger partial charge < -0.3 is 14.8 Å². The van der Waals surface area contributed by atoms with E-state index in [4.69, 9.17) is 9.47 Å². The molecule has 1 aromatic rings. The highest BCUT2D eigenvalue weighted by Gasteiger charge is 2.19. The number of fused-ring (bicyclic) bond motifs is 1. The van der Waals surface area contributed by atoms with Crippen LogP contribution in [0.5, 0.6) is 5.75 Å². The van der Waals surface area contributed by atoms with Gasteiger partial charge in [0, 0.05) is 12.7 Å². The number of hydrogen-bond donors (Lipinski definition) is 1. The van der Waals surface area contributed by atoms with Gasteiger partial charge in [0.15, 0.2) is 0 Å². The van der Waals surface area contributed by atoms with Crippen LogP contribution in [-0.2, 0) is 4.74 Å². The Morgan fingerprint density at radius 2 is 2.47 bits per heavy atom. The van der Waals surface area contributed by atoms with Crippen molar-refractivity contribution in [2.75, 3.05) is 25.1 Å². The molecule has 1 N–H and O–H groups in total. The van der Waals surface area contributed by atoms with Crippen molar-refractivity contribution in [3.8, 4) is 5.75 Å². The summed E-state index contributed by atoms with van der Waals surface area (Å²) in [7, 11) is 0. The van der Waals surface area contributed by atoms with Gasteiger partial charge >= 0.3 is 0 Å². The van der Waals surface area contributed by atoms with E-state index in [9.17, 15) is 4.39 Å². The summed E-state index contributed by atoms with van der Waals surface area (Å²) in [5, 5.41) is 3.18. The molecule has 1 aliphatic rings. The van der Waals surface area contributed by atoms with Crippen molar-refractivity contribution >= 4 is 5.69 Å². The van der Waals surface area contributed by atoms with E-state index in [0.29, 0.717) is 25.5 Å². The van der Waals surface area contributed by atoms with Crippen LogP contribution >= 0.6 is 0 Å². The van der Waals surface area contributed by atoms with Gasteiger partial charge in [-0.2, -0.15) is 0 Å². The van der Waals surface area contributed by atoms with E-state index in [1.165, 1.54) is 12.1 Å². The summed E-state index contributed by atoms with van der Waals surface area (Å²) in [6, 6.07) is 4.49. The van der Waals surface area contributed by atoms with Crippen molar-refractivity contribution < 1.29 is 13.9 Å². The summed E-state index contributed by atoms with van der Waals surface area (Å²) >= 11 is 0. The molecule has 4 heteroatoms. The van der Waals surface area contributed by atoms with Gasteiger partial charge in [-0.05, 0) is 19.1 Å². The highest BCUT2D eigenvalue weighted by Crippen LogP contribution is 2.29. The molecule has 1 aromatic carbocycles. The Kier molecular flexibility index (Phi) is 3.06. The number of anilines is 1. The van der Waals surface area contributed by atoms with Crippen molar-refractivity contribution in [2.24, 2.45) is 0 Å². The Hall–Kier alpha value is -1.29. The second kappa shape index (κ2) is 4.49. The van der Waals surface area contributed by atoms with Crippen molar-refractivity contribution in [3.05, 3.63) is 24.0 Å². The first-order valence-corrected chi connectivity index (χ1v) is 5.07. The van der Waals surface area contributed by atoms with E-state index in [-0.39, 0.29) is 11.9 Å². The van der Waals surface area contributed by atoms with Gasteiger partial charge in [-0.1, -0.05) is 0 Å². The predicted molar refractivity (Wildman–Crippen MR) is 55.8 cm³/mol. The average molecular weight is 211 g/mol. The fourth-order valence-corrected chi connectivity index (χ4v) is 1.53. The maximum atomic E-state index is 12.9. The fourth-order valence-electron chi connectivity index (χ4n) is 1.53. The highest BCUT2D eigenvalue weighted by molar-refractivity contribution is 5.57. The second-order valence-corrected chi connectivity index (χ2v) is 3.42. The maximum absolute atomic E-state index is 12.9. The van der Waals surface area contributed by atoms with Gasteiger partial charge in [0.1, 0.15) is 17.7 Å². The van der Waals surface area contributed by atoms with Crippen LogP contribution in [-0.4, -0.2) is 25.9 Å². The molecule has 0 saturated carbocycles. The summed E-state index contributed by atoms with van der Waals surface area (Å²) in [5.41, 5.74) is 0.837. The van der Waals surface area contributed by atoms with Gasteiger partial charge in [0.2, 0.25) is 0 Å². The molecule has 1 atom stereocenters. The lowest BCUT2D eigenvalue weighted by atomic mass is 10.2. The Bertz CT molecular complexity index is 343. The number of halogens is 1. The molecular weight excluding hydrogens is 197 g/mol. The van der Waals surface area contributed by atoms with Crippen LogP contribution in [0.4, 0.5) is 10.1 Å². The van der Waals surface area contributed by atoms with Crippen molar-refractivity contribution in [1.82, 2.24) is 0 Å². The van der Waals surface area contributed by atoms with E-state index < -0.39 is 0 Å². The zero-order valence-electron chi connectivity index (χ0n) is 8.63. The minimum atomic E-state index is -0.285. The molecule has 1 heterocycles. The first kappa shape index (κ1) is 10.2. The van der Waals surface area contributed by atoms with Crippen LogP contribution in [0.1, 0.15) is 6.92 Å². The molecule has 1 aliphatic heterocycles. The summed E-state index contributed by atoms with van der Waals surface area (Å²) in [6.07, 6.45) is -0.0424. The zero-order valence-corrected chi connectivity index (χ0v) is 8.63. The van der Waals surface area contributed by atoms with Gasteiger partial charge in [-0.15, -0.1) is 0 Å². The molecule has 0 bridgehead atoms. The lowest BCUT2D eigenvalue weighted by Crippen LogP contribution is -2.34. The summed E-state index contributed by atoms with van der Waals surface area (Å²) in [5.74, 6) is 0.276. The molecule has 0 aliphatic carbocycles. The van der Waals surface area contributed by atoms with Crippen LogP contribution in [0.15, 0.2) is 18.2 Å². The molecule has 1 unspecified atom stereocenters. The third kappa shape index (κ3) is 2.39. The molecule has 0 radical (unpaired) electrons. The molecule has 0 spiro atoms. The van der Waals surface area contributed by atoms with Crippen LogP contribution in [0.2, 0.25) is 0 Å². The van der Waals surface area contributed by atoms with Crippen LogP contribution in [0, 0.1) is 5.82 Å². The predicted octanol–water partition coefficient (Wildman–Crippen LogP) is 2.04. The monoisotopic (exact) mass is 211 g/mol. The quantitative estimate of drug-likeness (QED) is 0.829. The first-order valence-electron chi connectivity index (χ1n) is 5.07. The first-order chi connectivity index (χ1) is 7.29. The van der Waals surface area contributed by atoms with E-state index in [1.807, 2.05) is 6.92 Å². The third-order valence-corrected chi connectivity index (χ3v) is 2.27. The minimum Gasteiger partial charge on any atom is -0.484 e. The summed E-state index contributed by atoms with van der Waals surface area (Å²) in [6.45, 7) is 3.82. The molecule has 0 amide bonds. The molecule has 15 heavy (non-hydrogen) atoms. The smallest absolute Gasteiger partial charge is 0.145 e. The lowest BCUT2D eigenvalue weighted by Gasteiger charge is -2.27. The number of hydrogen-bond acceptors (Lipinski definition) is 3. The zero-order chi connectivity index (χ0) is 10.7. The molecule has 0 saturated heterocycles. The molecule has 2 rings (SSSR count). The topological polar surface area (TPSA) is 30.5 Å². The SMILES string of the molecule is CCOCC1CNc2ccc(F)cc2O1. The largest absolute Gasteiger partial charge is 0.484 e. The normalized spacial score (nSPS) is 18.9. The highest BCUT2D eigenvalue weighted by atomic mass is 19.1. The molecular formula is C11H14FNO2. The van der Waals surface area contributed by atoms with Crippen molar-refractivity contribution in [3.63, 3.8) is 0 Å².